The Hall–Kier alpha value is -0.880. The first-order valence-electron chi connectivity index (χ1n) is 7.14. The third-order valence-corrected chi connectivity index (χ3v) is 6.50. The lowest BCUT2D eigenvalue weighted by atomic mass is 10.2. The molecule has 0 bridgehead atoms. The lowest BCUT2D eigenvalue weighted by Gasteiger charge is -2.23. The molecule has 0 unspecified atom stereocenters. The van der Waals surface area contributed by atoms with E-state index in [1.165, 1.54) is 0 Å². The Kier molecular flexibility index (Phi) is 4.10. The molecule has 0 aromatic heterocycles. The molecule has 6 heteroatoms. The molecular weight excluding hydrogens is 308 g/mol. The fraction of sp³-hybridized carbons (Fsp3) is 0.467. The van der Waals surface area contributed by atoms with Crippen LogP contribution in [0.5, 0.6) is 0 Å². The van der Waals surface area contributed by atoms with Crippen molar-refractivity contribution >= 4 is 21.6 Å². The summed E-state index contributed by atoms with van der Waals surface area (Å²) in [4.78, 5) is 2.69. The molecule has 2 aliphatic rings. The average Bonchev–Trinajstić information content (AvgIpc) is 3.09. The molecule has 1 saturated heterocycles. The molecule has 3 rings (SSSR count). The van der Waals surface area contributed by atoms with E-state index in [-0.39, 0.29) is 0 Å². The lowest BCUT2D eigenvalue weighted by molar-refractivity contribution is 0.261. The molecule has 1 aromatic rings. The summed E-state index contributed by atoms with van der Waals surface area (Å²) in [6.07, 6.45) is 5.18. The Labute approximate surface area is 131 Å². The molecule has 0 amide bonds. The zero-order valence-electron chi connectivity index (χ0n) is 12.0. The number of aryl methyl sites for hydroxylation is 1. The van der Waals surface area contributed by atoms with E-state index in [2.05, 4.69) is 17.1 Å². The van der Waals surface area contributed by atoms with Crippen molar-refractivity contribution in [3.63, 3.8) is 0 Å². The number of rotatable bonds is 3. The molecule has 0 N–H and O–H groups in total. The van der Waals surface area contributed by atoms with Gasteiger partial charge in [0.05, 0.1) is 4.90 Å². The van der Waals surface area contributed by atoms with Crippen molar-refractivity contribution in [1.82, 2.24) is 9.21 Å². The topological polar surface area (TPSA) is 40.6 Å². The largest absolute Gasteiger partial charge is 0.292 e. The minimum Gasteiger partial charge on any atom is -0.292 e. The van der Waals surface area contributed by atoms with Gasteiger partial charge in [-0.3, -0.25) is 4.90 Å². The highest BCUT2D eigenvalue weighted by molar-refractivity contribution is 7.89. The van der Waals surface area contributed by atoms with Gasteiger partial charge >= 0.3 is 0 Å². The lowest BCUT2D eigenvalue weighted by Crippen LogP contribution is -2.37. The van der Waals surface area contributed by atoms with Gasteiger partial charge in [0.1, 0.15) is 0 Å². The van der Waals surface area contributed by atoms with Crippen molar-refractivity contribution in [1.29, 1.82) is 0 Å². The molecule has 0 radical (unpaired) electrons. The van der Waals surface area contributed by atoms with Crippen molar-refractivity contribution in [3.05, 3.63) is 40.9 Å². The number of hydrogen-bond acceptors (Lipinski definition) is 3. The van der Waals surface area contributed by atoms with Crippen molar-refractivity contribution in [3.8, 4) is 0 Å². The Balaban J connectivity index is 1.79. The van der Waals surface area contributed by atoms with Crippen LogP contribution < -0.4 is 0 Å². The molecule has 4 nitrogen and oxygen atoms in total. The summed E-state index contributed by atoms with van der Waals surface area (Å²) in [5.74, 6) is 0. The predicted molar refractivity (Wildman–Crippen MR) is 84.1 cm³/mol. The van der Waals surface area contributed by atoms with Crippen LogP contribution in [0.1, 0.15) is 12.0 Å². The van der Waals surface area contributed by atoms with Gasteiger partial charge in [-0.15, -0.1) is 0 Å². The highest BCUT2D eigenvalue weighted by Crippen LogP contribution is 2.27. The molecule has 1 atom stereocenters. The zero-order valence-corrected chi connectivity index (χ0v) is 13.6. The van der Waals surface area contributed by atoms with E-state index in [1.807, 2.05) is 0 Å². The van der Waals surface area contributed by atoms with Crippen LogP contribution in [0.15, 0.2) is 35.2 Å². The van der Waals surface area contributed by atoms with E-state index >= 15 is 0 Å². The molecule has 114 valence electrons. The van der Waals surface area contributed by atoms with E-state index in [0.717, 1.165) is 19.5 Å². The Morgan fingerprint density at radius 1 is 1.24 bits per heavy atom. The van der Waals surface area contributed by atoms with Crippen LogP contribution in [0.3, 0.4) is 0 Å². The van der Waals surface area contributed by atoms with Crippen molar-refractivity contribution < 1.29 is 8.42 Å². The van der Waals surface area contributed by atoms with Gasteiger partial charge in [0.25, 0.3) is 0 Å². The van der Waals surface area contributed by atoms with Gasteiger partial charge in [-0.05, 0) is 37.1 Å². The first-order valence-corrected chi connectivity index (χ1v) is 8.95. The summed E-state index contributed by atoms with van der Waals surface area (Å²) >= 11 is 5.91. The Morgan fingerprint density at radius 3 is 2.62 bits per heavy atom. The van der Waals surface area contributed by atoms with Crippen molar-refractivity contribution in [2.75, 3.05) is 26.2 Å². The summed E-state index contributed by atoms with van der Waals surface area (Å²) in [7, 11) is -3.42. The van der Waals surface area contributed by atoms with Gasteiger partial charge < -0.3 is 0 Å². The van der Waals surface area contributed by atoms with E-state index in [4.69, 9.17) is 11.6 Å². The Bertz CT molecular complexity index is 664. The standard InChI is InChI=1S/C15H19ClN2O2S/c1-12-10-13(16)4-5-15(12)21(19,20)18-9-6-14(11-18)17-7-2-3-8-17/h2-5,10,14H,6-9,11H2,1H3/t14-/m0/s1. The number of benzene rings is 1. The monoisotopic (exact) mass is 326 g/mol. The summed E-state index contributed by atoms with van der Waals surface area (Å²) in [6, 6.07) is 5.27. The van der Waals surface area contributed by atoms with Gasteiger partial charge in [0, 0.05) is 37.2 Å². The molecule has 2 heterocycles. The Morgan fingerprint density at radius 2 is 1.95 bits per heavy atom. The summed E-state index contributed by atoms with van der Waals surface area (Å²) in [6.45, 7) is 4.81. The second-order valence-corrected chi connectivity index (χ2v) is 7.98. The third-order valence-electron chi connectivity index (χ3n) is 4.24. The average molecular weight is 327 g/mol. The maximum absolute atomic E-state index is 12.8. The smallest absolute Gasteiger partial charge is 0.243 e. The number of sulfonamides is 1. The van der Waals surface area contributed by atoms with Crippen LogP contribution in [0, 0.1) is 6.92 Å². The minimum absolute atomic E-state index is 0.322. The van der Waals surface area contributed by atoms with Gasteiger partial charge in [-0.2, -0.15) is 4.31 Å². The quantitative estimate of drug-likeness (QED) is 0.800. The summed E-state index contributed by atoms with van der Waals surface area (Å²) in [5.41, 5.74) is 0.703. The molecule has 0 saturated carbocycles. The predicted octanol–water partition coefficient (Wildman–Crippen LogP) is 2.28. The van der Waals surface area contributed by atoms with Crippen LogP contribution in [0.4, 0.5) is 0 Å². The van der Waals surface area contributed by atoms with Gasteiger partial charge in [-0.1, -0.05) is 23.8 Å². The SMILES string of the molecule is Cc1cc(Cl)ccc1S(=O)(=O)N1CC[C@H](N2CC=CC2)C1. The highest BCUT2D eigenvalue weighted by atomic mass is 35.5. The molecular formula is C15H19ClN2O2S. The maximum atomic E-state index is 12.8. The molecule has 0 spiro atoms. The van der Waals surface area contributed by atoms with Gasteiger partial charge in [-0.25, -0.2) is 8.42 Å². The normalized spacial score (nSPS) is 24.0. The van der Waals surface area contributed by atoms with Crippen molar-refractivity contribution in [2.45, 2.75) is 24.3 Å². The number of hydrogen-bond donors (Lipinski definition) is 0. The highest BCUT2D eigenvalue weighted by Gasteiger charge is 2.35. The molecule has 1 fully saturated rings. The van der Waals surface area contributed by atoms with Crippen LogP contribution in [0.2, 0.25) is 5.02 Å². The fourth-order valence-electron chi connectivity index (χ4n) is 3.06. The second-order valence-electron chi connectivity index (χ2n) is 5.64. The van der Waals surface area contributed by atoms with Gasteiger partial charge in [0.2, 0.25) is 10.0 Å². The number of halogens is 1. The van der Waals surface area contributed by atoms with E-state index in [9.17, 15) is 8.42 Å². The number of nitrogens with zero attached hydrogens (tertiary/aromatic N) is 2. The fourth-order valence-corrected chi connectivity index (χ4v) is 4.99. The third kappa shape index (κ3) is 2.88. The first-order chi connectivity index (χ1) is 9.98. The maximum Gasteiger partial charge on any atom is 0.243 e. The van der Waals surface area contributed by atoms with Crippen LogP contribution in [-0.4, -0.2) is 49.8 Å². The van der Waals surface area contributed by atoms with Crippen molar-refractivity contribution in [2.24, 2.45) is 0 Å². The zero-order chi connectivity index (χ0) is 15.0. The van der Waals surface area contributed by atoms with E-state index < -0.39 is 10.0 Å². The van der Waals surface area contributed by atoms with E-state index in [0.29, 0.717) is 34.6 Å². The van der Waals surface area contributed by atoms with Gasteiger partial charge in [0.15, 0.2) is 0 Å². The van der Waals surface area contributed by atoms with E-state index in [1.54, 1.807) is 29.4 Å². The molecule has 2 aliphatic heterocycles. The summed E-state index contributed by atoms with van der Waals surface area (Å²) in [5, 5.41) is 0.564. The van der Waals surface area contributed by atoms with Crippen LogP contribution in [0.25, 0.3) is 0 Å². The first kappa shape index (κ1) is 15.0. The second kappa shape index (κ2) is 5.72. The van der Waals surface area contributed by atoms with Crippen LogP contribution >= 0.6 is 11.6 Å². The van der Waals surface area contributed by atoms with Crippen LogP contribution in [-0.2, 0) is 10.0 Å². The molecule has 1 aromatic carbocycles. The molecule has 0 aliphatic carbocycles. The minimum atomic E-state index is -3.42. The molecule has 21 heavy (non-hydrogen) atoms. The summed E-state index contributed by atoms with van der Waals surface area (Å²) < 4.78 is 27.2.